The van der Waals surface area contributed by atoms with Gasteiger partial charge < -0.3 is 10.5 Å². The molecular formula is C15H24Cl2N2O. The van der Waals surface area contributed by atoms with Gasteiger partial charge in [0.15, 0.2) is 0 Å². The fraction of sp³-hybridized carbons (Fsp3) is 0.600. The van der Waals surface area contributed by atoms with Crippen LogP contribution in [0.25, 0.3) is 0 Å². The van der Waals surface area contributed by atoms with Crippen LogP contribution in [0.1, 0.15) is 31.7 Å². The van der Waals surface area contributed by atoms with Gasteiger partial charge in [-0.05, 0) is 44.5 Å². The van der Waals surface area contributed by atoms with Crippen molar-refractivity contribution in [2.75, 3.05) is 13.7 Å². The second-order valence-corrected chi connectivity index (χ2v) is 5.79. The van der Waals surface area contributed by atoms with Gasteiger partial charge in [-0.2, -0.15) is 0 Å². The number of benzene rings is 1. The van der Waals surface area contributed by atoms with Gasteiger partial charge in [-0.3, -0.25) is 4.90 Å². The van der Waals surface area contributed by atoms with E-state index in [-0.39, 0.29) is 18.4 Å². The second-order valence-electron chi connectivity index (χ2n) is 5.35. The summed E-state index contributed by atoms with van der Waals surface area (Å²) in [6.45, 7) is 4.05. The topological polar surface area (TPSA) is 38.5 Å². The molecule has 0 aliphatic carbocycles. The van der Waals surface area contributed by atoms with Gasteiger partial charge >= 0.3 is 0 Å². The Labute approximate surface area is 132 Å². The normalized spacial score (nSPS) is 21.1. The predicted octanol–water partition coefficient (Wildman–Crippen LogP) is 3.47. The maximum atomic E-state index is 6.11. The van der Waals surface area contributed by atoms with E-state index in [0.29, 0.717) is 6.04 Å². The summed E-state index contributed by atoms with van der Waals surface area (Å²) in [5, 5.41) is 0.755. The summed E-state index contributed by atoms with van der Waals surface area (Å²) in [6, 6.07) is 6.45. The van der Waals surface area contributed by atoms with E-state index in [2.05, 4.69) is 11.8 Å². The number of rotatable bonds is 4. The van der Waals surface area contributed by atoms with Crippen LogP contribution in [-0.4, -0.2) is 30.6 Å². The zero-order chi connectivity index (χ0) is 13.8. The molecule has 0 saturated carbocycles. The van der Waals surface area contributed by atoms with Crippen molar-refractivity contribution in [3.05, 3.63) is 28.8 Å². The van der Waals surface area contributed by atoms with Crippen LogP contribution in [0.2, 0.25) is 5.02 Å². The number of methoxy groups -OCH3 is 1. The Hall–Kier alpha value is -0.480. The number of hydrogen-bond donors (Lipinski definition) is 1. The molecule has 1 fully saturated rings. The molecule has 0 amide bonds. The van der Waals surface area contributed by atoms with E-state index in [0.717, 1.165) is 29.4 Å². The quantitative estimate of drug-likeness (QED) is 0.923. The second kappa shape index (κ2) is 8.08. The summed E-state index contributed by atoms with van der Waals surface area (Å²) in [5.74, 6) is 0.901. The molecule has 20 heavy (non-hydrogen) atoms. The van der Waals surface area contributed by atoms with Crippen LogP contribution in [0.15, 0.2) is 18.2 Å². The number of piperidine rings is 1. The molecule has 1 aromatic carbocycles. The van der Waals surface area contributed by atoms with Crippen molar-refractivity contribution in [3.63, 3.8) is 0 Å². The lowest BCUT2D eigenvalue weighted by atomic mass is 9.96. The molecule has 1 aliphatic heterocycles. The van der Waals surface area contributed by atoms with Crippen LogP contribution >= 0.6 is 24.0 Å². The molecule has 3 nitrogen and oxygen atoms in total. The van der Waals surface area contributed by atoms with Gasteiger partial charge in [-0.15, -0.1) is 12.4 Å². The highest BCUT2D eigenvalue weighted by molar-refractivity contribution is 6.30. The molecule has 2 atom stereocenters. The van der Waals surface area contributed by atoms with Crippen molar-refractivity contribution in [2.24, 2.45) is 5.73 Å². The van der Waals surface area contributed by atoms with Crippen molar-refractivity contribution in [2.45, 2.75) is 44.8 Å². The Morgan fingerprint density at radius 1 is 1.45 bits per heavy atom. The minimum Gasteiger partial charge on any atom is -0.496 e. The smallest absolute Gasteiger partial charge is 0.123 e. The third kappa shape index (κ3) is 4.26. The van der Waals surface area contributed by atoms with Crippen molar-refractivity contribution in [1.29, 1.82) is 0 Å². The first-order valence-corrected chi connectivity index (χ1v) is 7.31. The fourth-order valence-electron chi connectivity index (χ4n) is 2.90. The maximum absolute atomic E-state index is 6.11. The molecule has 1 saturated heterocycles. The van der Waals surface area contributed by atoms with Crippen LogP contribution in [0.3, 0.4) is 0 Å². The summed E-state index contributed by atoms with van der Waals surface area (Å²) in [4.78, 5) is 2.46. The zero-order valence-corrected chi connectivity index (χ0v) is 13.7. The SMILES string of the molecule is COc1ccc(Cl)cc1CN1CCCCC1C(C)N.Cl. The molecule has 2 rings (SSSR count). The van der Waals surface area contributed by atoms with Crippen molar-refractivity contribution in [3.8, 4) is 5.75 Å². The summed E-state index contributed by atoms with van der Waals surface area (Å²) in [6.07, 6.45) is 3.70. The number of hydrogen-bond acceptors (Lipinski definition) is 3. The number of halogens is 2. The summed E-state index contributed by atoms with van der Waals surface area (Å²) >= 11 is 6.09. The van der Waals surface area contributed by atoms with Gasteiger partial charge in [-0.25, -0.2) is 0 Å². The van der Waals surface area contributed by atoms with Gasteiger partial charge in [0.25, 0.3) is 0 Å². The molecule has 2 N–H and O–H groups in total. The molecule has 5 heteroatoms. The number of ether oxygens (including phenoxy) is 1. The molecule has 1 aliphatic rings. The van der Waals surface area contributed by atoms with Gasteiger partial charge in [0.05, 0.1) is 7.11 Å². The van der Waals surface area contributed by atoms with Crippen LogP contribution < -0.4 is 10.5 Å². The molecule has 0 bridgehead atoms. The Morgan fingerprint density at radius 2 is 2.20 bits per heavy atom. The average Bonchev–Trinajstić information content (AvgIpc) is 2.39. The lowest BCUT2D eigenvalue weighted by Crippen LogP contribution is -2.48. The molecule has 1 aromatic rings. The Morgan fingerprint density at radius 3 is 2.85 bits per heavy atom. The first-order valence-electron chi connectivity index (χ1n) is 6.94. The fourth-order valence-corrected chi connectivity index (χ4v) is 3.09. The minimum atomic E-state index is 0. The minimum absolute atomic E-state index is 0. The standard InChI is InChI=1S/C15H23ClN2O.ClH/c1-11(17)14-5-3-4-8-18(14)10-12-9-13(16)6-7-15(12)19-2;/h6-7,9,11,14H,3-5,8,10,17H2,1-2H3;1H. The number of likely N-dealkylation sites (tertiary alicyclic amines) is 1. The van der Waals surface area contributed by atoms with Gasteiger partial charge in [-0.1, -0.05) is 18.0 Å². The van der Waals surface area contributed by atoms with Gasteiger partial charge in [0.2, 0.25) is 0 Å². The van der Waals surface area contributed by atoms with Crippen molar-refractivity contribution in [1.82, 2.24) is 4.90 Å². The van der Waals surface area contributed by atoms with Crippen molar-refractivity contribution >= 4 is 24.0 Å². The first kappa shape index (κ1) is 17.6. The van der Waals surface area contributed by atoms with Crippen LogP contribution in [0.4, 0.5) is 0 Å². The molecule has 1 heterocycles. The average molecular weight is 319 g/mol. The van der Waals surface area contributed by atoms with E-state index in [9.17, 15) is 0 Å². The summed E-state index contributed by atoms with van der Waals surface area (Å²) < 4.78 is 5.42. The Kier molecular flexibility index (Phi) is 7.10. The summed E-state index contributed by atoms with van der Waals surface area (Å²) in [7, 11) is 1.70. The van der Waals surface area contributed by atoms with Crippen LogP contribution in [-0.2, 0) is 6.54 Å². The zero-order valence-electron chi connectivity index (χ0n) is 12.1. The molecular weight excluding hydrogens is 295 g/mol. The lowest BCUT2D eigenvalue weighted by molar-refractivity contribution is 0.122. The molecule has 0 spiro atoms. The molecule has 2 unspecified atom stereocenters. The van der Waals surface area contributed by atoms with Crippen LogP contribution in [0.5, 0.6) is 5.75 Å². The molecule has 0 radical (unpaired) electrons. The van der Waals surface area contributed by atoms with E-state index in [1.165, 1.54) is 19.3 Å². The largest absolute Gasteiger partial charge is 0.496 e. The van der Waals surface area contributed by atoms with Crippen molar-refractivity contribution < 1.29 is 4.74 Å². The summed E-state index contributed by atoms with van der Waals surface area (Å²) in [5.41, 5.74) is 7.25. The van der Waals surface area contributed by atoms with E-state index < -0.39 is 0 Å². The molecule has 114 valence electrons. The first-order chi connectivity index (χ1) is 9.11. The third-order valence-electron chi connectivity index (χ3n) is 3.89. The number of nitrogens with two attached hydrogens (primary N) is 1. The molecule has 0 aromatic heterocycles. The van der Waals surface area contributed by atoms with Crippen LogP contribution in [0, 0.1) is 0 Å². The van der Waals surface area contributed by atoms with E-state index in [1.807, 2.05) is 18.2 Å². The van der Waals surface area contributed by atoms with E-state index in [1.54, 1.807) is 7.11 Å². The van der Waals surface area contributed by atoms with Gasteiger partial charge in [0.1, 0.15) is 5.75 Å². The highest BCUT2D eigenvalue weighted by atomic mass is 35.5. The van der Waals surface area contributed by atoms with E-state index >= 15 is 0 Å². The maximum Gasteiger partial charge on any atom is 0.123 e. The van der Waals surface area contributed by atoms with Gasteiger partial charge in [0, 0.05) is 29.2 Å². The van der Waals surface area contributed by atoms with E-state index in [4.69, 9.17) is 22.1 Å². The monoisotopic (exact) mass is 318 g/mol. The highest BCUT2D eigenvalue weighted by Crippen LogP contribution is 2.27. The predicted molar refractivity (Wildman–Crippen MR) is 87.0 cm³/mol. The lowest BCUT2D eigenvalue weighted by Gasteiger charge is -2.38. The number of nitrogens with zero attached hydrogens (tertiary/aromatic N) is 1. The third-order valence-corrected chi connectivity index (χ3v) is 4.12. The highest BCUT2D eigenvalue weighted by Gasteiger charge is 2.26. The Bertz CT molecular complexity index is 426. The Balaban J connectivity index is 0.00000200.